The van der Waals surface area contributed by atoms with E-state index < -0.39 is 5.97 Å². The highest BCUT2D eigenvalue weighted by atomic mass is 32.1. The summed E-state index contributed by atoms with van der Waals surface area (Å²) in [7, 11) is 0. The summed E-state index contributed by atoms with van der Waals surface area (Å²) in [5, 5.41) is 8.52. The lowest BCUT2D eigenvalue weighted by atomic mass is 10.0. The molecule has 0 saturated carbocycles. The molecule has 1 aromatic rings. The van der Waals surface area contributed by atoms with Gasteiger partial charge in [0.2, 0.25) is 0 Å². The third-order valence-electron chi connectivity index (χ3n) is 1.90. The molecule has 13 heavy (non-hydrogen) atoms. The van der Waals surface area contributed by atoms with E-state index in [0.717, 1.165) is 11.1 Å². The van der Waals surface area contributed by atoms with Gasteiger partial charge in [-0.2, -0.15) is 12.6 Å². The summed E-state index contributed by atoms with van der Waals surface area (Å²) in [6.45, 7) is 0. The molecule has 0 spiro atoms. The molecule has 0 fully saturated rings. The van der Waals surface area contributed by atoms with Crippen LogP contribution in [0.3, 0.4) is 0 Å². The molecule has 0 saturated heterocycles. The summed E-state index contributed by atoms with van der Waals surface area (Å²) >= 11 is 4.18. The Balaban J connectivity index is 2.69. The van der Waals surface area contributed by atoms with E-state index >= 15 is 0 Å². The molecule has 0 bridgehead atoms. The van der Waals surface area contributed by atoms with Crippen molar-refractivity contribution >= 4 is 18.6 Å². The Morgan fingerprint density at radius 3 is 2.46 bits per heavy atom. The molecule has 0 aliphatic rings. The summed E-state index contributed by atoms with van der Waals surface area (Å²) < 4.78 is 0. The second-order valence-electron chi connectivity index (χ2n) is 2.82. The fourth-order valence-corrected chi connectivity index (χ4v) is 1.51. The number of benzene rings is 1. The zero-order valence-corrected chi connectivity index (χ0v) is 8.13. The maximum Gasteiger partial charge on any atom is 0.303 e. The second-order valence-corrected chi connectivity index (χ2v) is 3.14. The molecular weight excluding hydrogens is 184 g/mol. The lowest BCUT2D eigenvalue weighted by Gasteiger charge is -2.04. The van der Waals surface area contributed by atoms with Gasteiger partial charge in [-0.1, -0.05) is 24.3 Å². The average Bonchev–Trinajstić information content (AvgIpc) is 2.15. The van der Waals surface area contributed by atoms with Crippen LogP contribution >= 0.6 is 12.6 Å². The Kier molecular flexibility index (Phi) is 3.83. The number of carboxylic acids is 1. The second kappa shape index (κ2) is 4.92. The third-order valence-corrected chi connectivity index (χ3v) is 2.24. The van der Waals surface area contributed by atoms with Crippen LogP contribution in [0.2, 0.25) is 0 Å². The molecule has 0 atom stereocenters. The number of carbonyl (C=O) groups is 1. The van der Waals surface area contributed by atoms with Crippen LogP contribution in [-0.2, 0) is 17.0 Å². The SMILES string of the molecule is O=C(O)CCc1ccccc1CS. The van der Waals surface area contributed by atoms with E-state index in [4.69, 9.17) is 5.11 Å². The van der Waals surface area contributed by atoms with Crippen molar-refractivity contribution < 1.29 is 9.90 Å². The van der Waals surface area contributed by atoms with Gasteiger partial charge in [-0.25, -0.2) is 0 Å². The first-order valence-electron chi connectivity index (χ1n) is 4.13. The fourth-order valence-electron chi connectivity index (χ4n) is 1.20. The lowest BCUT2D eigenvalue weighted by Crippen LogP contribution is -1.99. The highest BCUT2D eigenvalue weighted by Gasteiger charge is 2.02. The van der Waals surface area contributed by atoms with E-state index in [0.29, 0.717) is 12.2 Å². The van der Waals surface area contributed by atoms with Crippen LogP contribution in [0.5, 0.6) is 0 Å². The minimum atomic E-state index is -0.756. The van der Waals surface area contributed by atoms with E-state index in [9.17, 15) is 4.79 Å². The number of hydrogen-bond acceptors (Lipinski definition) is 2. The predicted molar refractivity (Wildman–Crippen MR) is 55.1 cm³/mol. The molecular formula is C10H12O2S. The Hall–Kier alpha value is -0.960. The first-order chi connectivity index (χ1) is 6.24. The number of aryl methyl sites for hydroxylation is 1. The average molecular weight is 196 g/mol. The molecule has 0 unspecified atom stereocenters. The Morgan fingerprint density at radius 1 is 1.31 bits per heavy atom. The van der Waals surface area contributed by atoms with Gasteiger partial charge in [0.15, 0.2) is 0 Å². The van der Waals surface area contributed by atoms with Crippen molar-refractivity contribution in [2.45, 2.75) is 18.6 Å². The van der Waals surface area contributed by atoms with Crippen molar-refractivity contribution in [3.63, 3.8) is 0 Å². The van der Waals surface area contributed by atoms with Crippen molar-refractivity contribution in [2.24, 2.45) is 0 Å². The smallest absolute Gasteiger partial charge is 0.303 e. The maximum absolute atomic E-state index is 10.4. The third kappa shape index (κ3) is 3.11. The number of rotatable bonds is 4. The van der Waals surface area contributed by atoms with Crippen LogP contribution in [0.1, 0.15) is 17.5 Å². The van der Waals surface area contributed by atoms with Gasteiger partial charge in [0.05, 0.1) is 0 Å². The van der Waals surface area contributed by atoms with Crippen LogP contribution in [0.25, 0.3) is 0 Å². The summed E-state index contributed by atoms with van der Waals surface area (Å²) in [4.78, 5) is 10.4. The molecule has 0 aliphatic heterocycles. The Morgan fingerprint density at radius 2 is 1.92 bits per heavy atom. The van der Waals surface area contributed by atoms with Crippen molar-refractivity contribution in [2.75, 3.05) is 0 Å². The highest BCUT2D eigenvalue weighted by molar-refractivity contribution is 7.79. The minimum absolute atomic E-state index is 0.185. The molecule has 3 heteroatoms. The van der Waals surface area contributed by atoms with Crippen LogP contribution in [0.15, 0.2) is 24.3 Å². The van der Waals surface area contributed by atoms with Gasteiger partial charge in [0.25, 0.3) is 0 Å². The molecule has 70 valence electrons. The zero-order valence-electron chi connectivity index (χ0n) is 7.23. The maximum atomic E-state index is 10.4. The zero-order chi connectivity index (χ0) is 9.68. The summed E-state index contributed by atoms with van der Waals surface area (Å²) in [6, 6.07) is 7.79. The molecule has 1 aromatic carbocycles. The largest absolute Gasteiger partial charge is 0.481 e. The minimum Gasteiger partial charge on any atom is -0.481 e. The topological polar surface area (TPSA) is 37.3 Å². The molecule has 0 heterocycles. The number of carboxylic acid groups (broad SMARTS) is 1. The predicted octanol–water partition coefficient (Wildman–Crippen LogP) is 2.13. The van der Waals surface area contributed by atoms with Gasteiger partial charge in [-0.05, 0) is 17.5 Å². The van der Waals surface area contributed by atoms with Crippen molar-refractivity contribution in [3.05, 3.63) is 35.4 Å². The lowest BCUT2D eigenvalue weighted by molar-refractivity contribution is -0.136. The molecule has 2 nitrogen and oxygen atoms in total. The van der Waals surface area contributed by atoms with Crippen molar-refractivity contribution in [3.8, 4) is 0 Å². The van der Waals surface area contributed by atoms with Gasteiger partial charge < -0.3 is 5.11 Å². The Bertz CT molecular complexity index is 297. The van der Waals surface area contributed by atoms with E-state index in [2.05, 4.69) is 12.6 Å². The number of hydrogen-bond donors (Lipinski definition) is 2. The first kappa shape index (κ1) is 10.1. The normalized spacial score (nSPS) is 9.92. The number of thiol groups is 1. The van der Waals surface area contributed by atoms with E-state index in [1.807, 2.05) is 24.3 Å². The van der Waals surface area contributed by atoms with Gasteiger partial charge in [-0.15, -0.1) is 0 Å². The van der Waals surface area contributed by atoms with Crippen molar-refractivity contribution in [1.82, 2.24) is 0 Å². The molecule has 0 aliphatic carbocycles. The van der Waals surface area contributed by atoms with E-state index in [1.54, 1.807) is 0 Å². The summed E-state index contributed by atoms with van der Waals surface area (Å²) in [6.07, 6.45) is 0.775. The fraction of sp³-hybridized carbons (Fsp3) is 0.300. The van der Waals surface area contributed by atoms with E-state index in [1.165, 1.54) is 0 Å². The van der Waals surface area contributed by atoms with Gasteiger partial charge in [0, 0.05) is 12.2 Å². The standard InChI is InChI=1S/C10H12O2S/c11-10(12)6-5-8-3-1-2-4-9(8)7-13/h1-4,13H,5-7H2,(H,11,12). The quantitative estimate of drug-likeness (QED) is 0.724. The molecule has 1 N–H and O–H groups in total. The monoisotopic (exact) mass is 196 g/mol. The molecule has 1 rings (SSSR count). The van der Waals surface area contributed by atoms with Crippen molar-refractivity contribution in [1.29, 1.82) is 0 Å². The van der Waals surface area contributed by atoms with E-state index in [-0.39, 0.29) is 6.42 Å². The molecule has 0 radical (unpaired) electrons. The number of aliphatic carboxylic acids is 1. The van der Waals surface area contributed by atoms with Crippen LogP contribution in [0.4, 0.5) is 0 Å². The van der Waals surface area contributed by atoms with Gasteiger partial charge >= 0.3 is 5.97 Å². The van der Waals surface area contributed by atoms with Gasteiger partial charge in [0.1, 0.15) is 0 Å². The Labute approximate surface area is 83.0 Å². The summed E-state index contributed by atoms with van der Waals surface area (Å²) in [5.74, 6) is -0.0931. The van der Waals surface area contributed by atoms with Crippen LogP contribution < -0.4 is 0 Å². The first-order valence-corrected chi connectivity index (χ1v) is 4.76. The van der Waals surface area contributed by atoms with Crippen LogP contribution in [0, 0.1) is 0 Å². The summed E-state index contributed by atoms with van der Waals surface area (Å²) in [5.41, 5.74) is 2.20. The van der Waals surface area contributed by atoms with Crippen LogP contribution in [-0.4, -0.2) is 11.1 Å². The van der Waals surface area contributed by atoms with Gasteiger partial charge in [-0.3, -0.25) is 4.79 Å². The molecule has 0 amide bonds. The molecule has 0 aromatic heterocycles. The highest BCUT2D eigenvalue weighted by Crippen LogP contribution is 2.12.